The van der Waals surface area contributed by atoms with Crippen molar-refractivity contribution in [3.8, 4) is 6.07 Å². The van der Waals surface area contributed by atoms with E-state index in [0.29, 0.717) is 11.3 Å². The standard InChI is InChI=1S/C14H17N3O3/c1-10(6-13(18)19)9-16-14(20)17(2)12-5-3-4-11(7-12)8-15/h3-5,7,10H,6,9H2,1-2H3,(H,16,20)(H,18,19). The summed E-state index contributed by atoms with van der Waals surface area (Å²) in [6.07, 6.45) is 0.00785. The number of nitrogens with zero attached hydrogens (tertiary/aromatic N) is 2. The molecule has 0 aliphatic carbocycles. The molecule has 0 saturated carbocycles. The van der Waals surface area contributed by atoms with Gasteiger partial charge in [0.2, 0.25) is 0 Å². The Morgan fingerprint density at radius 1 is 1.50 bits per heavy atom. The highest BCUT2D eigenvalue weighted by molar-refractivity contribution is 5.91. The van der Waals surface area contributed by atoms with E-state index in [9.17, 15) is 9.59 Å². The summed E-state index contributed by atoms with van der Waals surface area (Å²) in [6.45, 7) is 2.04. The minimum Gasteiger partial charge on any atom is -0.481 e. The van der Waals surface area contributed by atoms with Gasteiger partial charge in [0.25, 0.3) is 0 Å². The van der Waals surface area contributed by atoms with Crippen molar-refractivity contribution in [1.82, 2.24) is 5.32 Å². The highest BCUT2D eigenvalue weighted by atomic mass is 16.4. The van der Waals surface area contributed by atoms with E-state index in [1.54, 1.807) is 38.2 Å². The van der Waals surface area contributed by atoms with Crippen LogP contribution in [0.4, 0.5) is 10.5 Å². The van der Waals surface area contributed by atoms with Gasteiger partial charge in [0.15, 0.2) is 0 Å². The third-order valence-corrected chi connectivity index (χ3v) is 2.79. The number of carbonyl (C=O) groups is 2. The highest BCUT2D eigenvalue weighted by Gasteiger charge is 2.13. The number of hydrogen-bond donors (Lipinski definition) is 2. The zero-order valence-electron chi connectivity index (χ0n) is 11.5. The van der Waals surface area contributed by atoms with E-state index in [1.165, 1.54) is 4.90 Å². The number of benzene rings is 1. The van der Waals surface area contributed by atoms with Crippen LogP contribution in [0.2, 0.25) is 0 Å². The van der Waals surface area contributed by atoms with Gasteiger partial charge in [0.05, 0.1) is 11.6 Å². The number of hydrogen-bond acceptors (Lipinski definition) is 3. The average Bonchev–Trinajstić information content (AvgIpc) is 2.43. The summed E-state index contributed by atoms with van der Waals surface area (Å²) in [4.78, 5) is 23.8. The van der Waals surface area contributed by atoms with Gasteiger partial charge in [0.1, 0.15) is 0 Å². The molecule has 0 heterocycles. The Morgan fingerprint density at radius 3 is 2.80 bits per heavy atom. The fourth-order valence-electron chi connectivity index (χ4n) is 1.65. The number of carboxylic acid groups (broad SMARTS) is 1. The van der Waals surface area contributed by atoms with Crippen LogP contribution in [-0.2, 0) is 4.79 Å². The lowest BCUT2D eigenvalue weighted by molar-refractivity contribution is -0.137. The van der Waals surface area contributed by atoms with Crippen molar-refractivity contribution in [3.63, 3.8) is 0 Å². The van der Waals surface area contributed by atoms with Crippen LogP contribution in [0.5, 0.6) is 0 Å². The maximum absolute atomic E-state index is 11.9. The van der Waals surface area contributed by atoms with Crippen LogP contribution in [0.15, 0.2) is 24.3 Å². The maximum atomic E-state index is 11.9. The predicted octanol–water partition coefficient (Wildman–Crippen LogP) is 1.81. The molecular formula is C14H17N3O3. The molecule has 1 aromatic rings. The molecule has 106 valence electrons. The van der Waals surface area contributed by atoms with Crippen LogP contribution < -0.4 is 10.2 Å². The number of urea groups is 1. The van der Waals surface area contributed by atoms with Crippen molar-refractivity contribution >= 4 is 17.7 Å². The fraction of sp³-hybridized carbons (Fsp3) is 0.357. The van der Waals surface area contributed by atoms with Crippen LogP contribution in [-0.4, -0.2) is 30.7 Å². The molecule has 0 aliphatic rings. The van der Waals surface area contributed by atoms with Crippen molar-refractivity contribution < 1.29 is 14.7 Å². The molecule has 0 fully saturated rings. The topological polar surface area (TPSA) is 93.4 Å². The molecule has 20 heavy (non-hydrogen) atoms. The molecule has 0 aliphatic heterocycles. The second-order valence-electron chi connectivity index (χ2n) is 4.61. The van der Waals surface area contributed by atoms with Gasteiger partial charge in [-0.1, -0.05) is 13.0 Å². The molecule has 1 rings (SSSR count). The molecule has 0 bridgehead atoms. The number of carboxylic acids is 1. The SMILES string of the molecule is CC(CNC(=O)N(C)c1cccc(C#N)c1)CC(=O)O. The summed E-state index contributed by atoms with van der Waals surface area (Å²) < 4.78 is 0. The summed E-state index contributed by atoms with van der Waals surface area (Å²) in [5.41, 5.74) is 1.08. The normalized spacial score (nSPS) is 11.2. The van der Waals surface area contributed by atoms with Gasteiger partial charge >= 0.3 is 12.0 Å². The quantitative estimate of drug-likeness (QED) is 0.857. The first-order valence-corrected chi connectivity index (χ1v) is 6.17. The van der Waals surface area contributed by atoms with Gasteiger partial charge in [0, 0.05) is 25.7 Å². The first-order chi connectivity index (χ1) is 9.43. The molecule has 2 N–H and O–H groups in total. The van der Waals surface area contributed by atoms with Crippen LogP contribution in [0.1, 0.15) is 18.9 Å². The van der Waals surface area contributed by atoms with E-state index in [0.717, 1.165) is 0 Å². The number of nitriles is 1. The highest BCUT2D eigenvalue weighted by Crippen LogP contribution is 2.14. The first kappa shape index (κ1) is 15.5. The van der Waals surface area contributed by atoms with Crippen molar-refractivity contribution in [1.29, 1.82) is 5.26 Å². The number of carbonyl (C=O) groups excluding carboxylic acids is 1. The molecule has 1 atom stereocenters. The number of rotatable bonds is 5. The summed E-state index contributed by atoms with van der Waals surface area (Å²) >= 11 is 0. The minimum absolute atomic E-state index is 0.00785. The molecule has 0 spiro atoms. The monoisotopic (exact) mass is 275 g/mol. The number of aliphatic carboxylic acids is 1. The molecule has 6 nitrogen and oxygen atoms in total. The lowest BCUT2D eigenvalue weighted by Gasteiger charge is -2.19. The third-order valence-electron chi connectivity index (χ3n) is 2.79. The maximum Gasteiger partial charge on any atom is 0.321 e. The Bertz CT molecular complexity index is 537. The Morgan fingerprint density at radius 2 is 2.20 bits per heavy atom. The van der Waals surface area contributed by atoms with Gasteiger partial charge in [-0.05, 0) is 24.1 Å². The van der Waals surface area contributed by atoms with Crippen LogP contribution >= 0.6 is 0 Å². The molecule has 0 aromatic heterocycles. The molecule has 1 unspecified atom stereocenters. The smallest absolute Gasteiger partial charge is 0.321 e. The lowest BCUT2D eigenvalue weighted by Crippen LogP contribution is -2.39. The molecule has 1 aromatic carbocycles. The zero-order valence-corrected chi connectivity index (χ0v) is 11.5. The minimum atomic E-state index is -0.887. The predicted molar refractivity (Wildman–Crippen MR) is 74.4 cm³/mol. The summed E-state index contributed by atoms with van der Waals surface area (Å²) in [5.74, 6) is -1.03. The van der Waals surface area contributed by atoms with Gasteiger partial charge in [-0.2, -0.15) is 5.26 Å². The summed E-state index contributed by atoms with van der Waals surface area (Å²) in [7, 11) is 1.59. The van der Waals surface area contributed by atoms with Crippen molar-refractivity contribution in [2.45, 2.75) is 13.3 Å². The Hall–Kier alpha value is -2.55. The first-order valence-electron chi connectivity index (χ1n) is 6.17. The number of amides is 2. The summed E-state index contributed by atoms with van der Waals surface area (Å²) in [5, 5.41) is 20.1. The van der Waals surface area contributed by atoms with Gasteiger partial charge in [-0.15, -0.1) is 0 Å². The van der Waals surface area contributed by atoms with E-state index < -0.39 is 5.97 Å². The molecule has 6 heteroatoms. The molecule has 0 saturated heterocycles. The van der Waals surface area contributed by atoms with Crippen LogP contribution in [0, 0.1) is 17.2 Å². The van der Waals surface area contributed by atoms with E-state index in [2.05, 4.69) is 5.32 Å². The third kappa shape index (κ3) is 4.61. The van der Waals surface area contributed by atoms with Gasteiger partial charge < -0.3 is 10.4 Å². The average molecular weight is 275 g/mol. The summed E-state index contributed by atoms with van der Waals surface area (Å²) in [6, 6.07) is 8.36. The number of anilines is 1. The zero-order chi connectivity index (χ0) is 15.1. The fourth-order valence-corrected chi connectivity index (χ4v) is 1.65. The Labute approximate surface area is 117 Å². The second kappa shape index (κ2) is 7.14. The van der Waals surface area contributed by atoms with Crippen molar-refractivity contribution in [3.05, 3.63) is 29.8 Å². The van der Waals surface area contributed by atoms with Crippen molar-refractivity contribution in [2.24, 2.45) is 5.92 Å². The van der Waals surface area contributed by atoms with E-state index in [1.807, 2.05) is 6.07 Å². The van der Waals surface area contributed by atoms with Crippen molar-refractivity contribution in [2.75, 3.05) is 18.5 Å². The largest absolute Gasteiger partial charge is 0.481 e. The van der Waals surface area contributed by atoms with E-state index in [4.69, 9.17) is 10.4 Å². The van der Waals surface area contributed by atoms with Gasteiger partial charge in [-0.3, -0.25) is 9.69 Å². The molecule has 0 radical (unpaired) electrons. The number of nitrogens with one attached hydrogen (secondary N) is 1. The second-order valence-corrected chi connectivity index (χ2v) is 4.61. The molecular weight excluding hydrogens is 258 g/mol. The van der Waals surface area contributed by atoms with Crippen LogP contribution in [0.3, 0.4) is 0 Å². The van der Waals surface area contributed by atoms with E-state index >= 15 is 0 Å². The lowest BCUT2D eigenvalue weighted by atomic mass is 10.1. The van der Waals surface area contributed by atoms with Gasteiger partial charge in [-0.25, -0.2) is 4.79 Å². The Kier molecular flexibility index (Phi) is 5.54. The van der Waals surface area contributed by atoms with E-state index in [-0.39, 0.29) is 24.9 Å². The Balaban J connectivity index is 2.58. The molecule has 2 amide bonds. The van der Waals surface area contributed by atoms with Crippen LogP contribution in [0.25, 0.3) is 0 Å².